The van der Waals surface area contributed by atoms with Gasteiger partial charge in [-0.25, -0.2) is 4.79 Å². The summed E-state index contributed by atoms with van der Waals surface area (Å²) in [6.45, 7) is -0.548. The molecular weight excluding hydrogens is 346 g/mol. The molecule has 6 heteroatoms. The lowest BCUT2D eigenvalue weighted by Crippen LogP contribution is -2.34. The number of ether oxygens (including phenoxy) is 2. The van der Waals surface area contributed by atoms with Gasteiger partial charge in [-0.05, 0) is 47.2 Å². The summed E-state index contributed by atoms with van der Waals surface area (Å²) in [6, 6.07) is 19.0. The van der Waals surface area contributed by atoms with E-state index >= 15 is 0 Å². The van der Waals surface area contributed by atoms with Crippen LogP contribution in [0.25, 0.3) is 10.8 Å². The molecule has 0 radical (unpaired) electrons. The molecule has 2 amide bonds. The van der Waals surface area contributed by atoms with Crippen molar-refractivity contribution in [1.29, 1.82) is 0 Å². The number of nitrogens with one attached hydrogen (secondary N) is 1. The fourth-order valence-electron chi connectivity index (χ4n) is 2.51. The first-order valence-corrected chi connectivity index (χ1v) is 8.21. The molecule has 27 heavy (non-hydrogen) atoms. The van der Waals surface area contributed by atoms with Gasteiger partial charge in [0.25, 0.3) is 11.8 Å². The molecule has 0 saturated heterocycles. The number of esters is 1. The second-order valence-corrected chi connectivity index (χ2v) is 5.74. The summed E-state index contributed by atoms with van der Waals surface area (Å²) in [5.41, 5.74) is 0.632. The maximum atomic E-state index is 12.1. The zero-order valence-electron chi connectivity index (χ0n) is 14.6. The largest absolute Gasteiger partial charge is 0.497 e. The fraction of sp³-hybridized carbons (Fsp3) is 0.0952. The molecule has 0 aliphatic carbocycles. The molecule has 0 aromatic heterocycles. The van der Waals surface area contributed by atoms with Crippen molar-refractivity contribution in [3.63, 3.8) is 0 Å². The van der Waals surface area contributed by atoms with Gasteiger partial charge in [0, 0.05) is 5.56 Å². The number of hydrogen-bond donors (Lipinski definition) is 1. The normalized spacial score (nSPS) is 10.3. The van der Waals surface area contributed by atoms with E-state index < -0.39 is 24.4 Å². The molecule has 0 spiro atoms. The predicted octanol–water partition coefficient (Wildman–Crippen LogP) is 2.96. The van der Waals surface area contributed by atoms with E-state index in [0.29, 0.717) is 16.9 Å². The van der Waals surface area contributed by atoms with E-state index in [1.54, 1.807) is 30.3 Å². The van der Waals surface area contributed by atoms with Crippen LogP contribution in [0.2, 0.25) is 0 Å². The summed E-state index contributed by atoms with van der Waals surface area (Å²) < 4.78 is 10.00. The van der Waals surface area contributed by atoms with E-state index in [1.165, 1.54) is 19.2 Å². The third kappa shape index (κ3) is 4.49. The SMILES string of the molecule is COc1ccc(C(=O)NC(=O)COC(=O)c2ccc3ccccc3c2)cc1. The molecule has 0 aliphatic rings. The van der Waals surface area contributed by atoms with E-state index in [9.17, 15) is 14.4 Å². The van der Waals surface area contributed by atoms with Gasteiger partial charge in [-0.15, -0.1) is 0 Å². The zero-order valence-corrected chi connectivity index (χ0v) is 14.6. The van der Waals surface area contributed by atoms with Crippen molar-refractivity contribution in [1.82, 2.24) is 5.32 Å². The highest BCUT2D eigenvalue weighted by atomic mass is 16.5. The zero-order chi connectivity index (χ0) is 19.2. The lowest BCUT2D eigenvalue weighted by atomic mass is 10.1. The Morgan fingerprint density at radius 3 is 2.22 bits per heavy atom. The summed E-state index contributed by atoms with van der Waals surface area (Å²) in [7, 11) is 1.52. The van der Waals surface area contributed by atoms with Crippen LogP contribution in [0, 0.1) is 0 Å². The number of carbonyl (C=O) groups is 3. The minimum atomic E-state index is -0.704. The number of imide groups is 1. The Balaban J connectivity index is 1.55. The molecule has 0 atom stereocenters. The van der Waals surface area contributed by atoms with Gasteiger partial charge < -0.3 is 9.47 Å². The van der Waals surface area contributed by atoms with Crippen LogP contribution in [0.1, 0.15) is 20.7 Å². The van der Waals surface area contributed by atoms with Crippen molar-refractivity contribution in [3.8, 4) is 5.75 Å². The molecule has 3 aromatic rings. The van der Waals surface area contributed by atoms with Crippen LogP contribution >= 0.6 is 0 Å². The van der Waals surface area contributed by atoms with Crippen LogP contribution in [0.3, 0.4) is 0 Å². The van der Waals surface area contributed by atoms with Crippen LogP contribution in [-0.2, 0) is 9.53 Å². The van der Waals surface area contributed by atoms with E-state index in [4.69, 9.17) is 9.47 Å². The van der Waals surface area contributed by atoms with Gasteiger partial charge >= 0.3 is 5.97 Å². The first-order chi connectivity index (χ1) is 13.1. The molecule has 0 fully saturated rings. The Labute approximate surface area is 155 Å². The Hall–Kier alpha value is -3.67. The molecule has 0 aliphatic heterocycles. The van der Waals surface area contributed by atoms with Crippen molar-refractivity contribution >= 4 is 28.6 Å². The van der Waals surface area contributed by atoms with Gasteiger partial charge in [0.15, 0.2) is 6.61 Å². The monoisotopic (exact) mass is 363 g/mol. The predicted molar refractivity (Wildman–Crippen MR) is 99.7 cm³/mol. The number of amides is 2. The third-order valence-corrected chi connectivity index (χ3v) is 3.92. The molecule has 0 unspecified atom stereocenters. The van der Waals surface area contributed by atoms with Gasteiger partial charge in [0.1, 0.15) is 5.75 Å². The highest BCUT2D eigenvalue weighted by molar-refractivity contribution is 6.05. The minimum absolute atomic E-state index is 0.296. The van der Waals surface area contributed by atoms with E-state index in [-0.39, 0.29) is 0 Å². The Bertz CT molecular complexity index is 995. The minimum Gasteiger partial charge on any atom is -0.497 e. The summed E-state index contributed by atoms with van der Waals surface area (Å²) in [4.78, 5) is 36.0. The van der Waals surface area contributed by atoms with Crippen LogP contribution in [0.4, 0.5) is 0 Å². The van der Waals surface area contributed by atoms with Crippen molar-refractivity contribution < 1.29 is 23.9 Å². The van der Waals surface area contributed by atoms with Crippen LogP contribution in [0.5, 0.6) is 5.75 Å². The molecule has 0 bridgehead atoms. The molecule has 6 nitrogen and oxygen atoms in total. The van der Waals surface area contributed by atoms with Crippen LogP contribution in [0.15, 0.2) is 66.7 Å². The Morgan fingerprint density at radius 2 is 1.52 bits per heavy atom. The smallest absolute Gasteiger partial charge is 0.338 e. The number of methoxy groups -OCH3 is 1. The summed E-state index contributed by atoms with van der Waals surface area (Å²) in [5, 5.41) is 4.07. The maximum absolute atomic E-state index is 12.1. The fourth-order valence-corrected chi connectivity index (χ4v) is 2.51. The molecule has 0 saturated carbocycles. The second kappa shape index (κ2) is 8.14. The number of hydrogen-bond acceptors (Lipinski definition) is 5. The topological polar surface area (TPSA) is 81.7 Å². The first-order valence-electron chi connectivity index (χ1n) is 8.21. The van der Waals surface area contributed by atoms with Gasteiger partial charge in [-0.2, -0.15) is 0 Å². The first kappa shape index (κ1) is 18.1. The maximum Gasteiger partial charge on any atom is 0.338 e. The standard InChI is InChI=1S/C21H17NO5/c1-26-18-10-8-15(9-11-18)20(24)22-19(23)13-27-21(25)17-7-6-14-4-2-3-5-16(14)12-17/h2-12H,13H2,1H3,(H,22,23,24). The highest BCUT2D eigenvalue weighted by Crippen LogP contribution is 2.16. The molecule has 136 valence electrons. The van der Waals surface area contributed by atoms with Crippen molar-refractivity contribution in [3.05, 3.63) is 77.9 Å². The molecule has 1 N–H and O–H groups in total. The number of fused-ring (bicyclic) bond motifs is 1. The summed E-state index contributed by atoms with van der Waals surface area (Å²) in [5.74, 6) is -1.32. The second-order valence-electron chi connectivity index (χ2n) is 5.74. The Morgan fingerprint density at radius 1 is 0.852 bits per heavy atom. The molecule has 0 heterocycles. The number of carbonyl (C=O) groups excluding carboxylic acids is 3. The van der Waals surface area contributed by atoms with Gasteiger partial charge in [0.2, 0.25) is 0 Å². The van der Waals surface area contributed by atoms with Gasteiger partial charge in [-0.1, -0.05) is 30.3 Å². The van der Waals surface area contributed by atoms with E-state index in [2.05, 4.69) is 5.32 Å². The van der Waals surface area contributed by atoms with E-state index in [0.717, 1.165) is 10.8 Å². The van der Waals surface area contributed by atoms with Crippen molar-refractivity contribution in [2.24, 2.45) is 0 Å². The van der Waals surface area contributed by atoms with Crippen molar-refractivity contribution in [2.75, 3.05) is 13.7 Å². The van der Waals surface area contributed by atoms with Crippen LogP contribution in [-0.4, -0.2) is 31.5 Å². The quantitative estimate of drug-likeness (QED) is 0.705. The Kier molecular flexibility index (Phi) is 5.47. The average Bonchev–Trinajstić information content (AvgIpc) is 2.71. The third-order valence-electron chi connectivity index (χ3n) is 3.92. The average molecular weight is 363 g/mol. The van der Waals surface area contributed by atoms with Crippen LogP contribution < -0.4 is 10.1 Å². The summed E-state index contributed by atoms with van der Waals surface area (Å²) >= 11 is 0. The summed E-state index contributed by atoms with van der Waals surface area (Å²) in [6.07, 6.45) is 0. The lowest BCUT2D eigenvalue weighted by Gasteiger charge is -2.07. The number of rotatable bonds is 5. The molecular formula is C21H17NO5. The van der Waals surface area contributed by atoms with E-state index in [1.807, 2.05) is 24.3 Å². The number of benzene rings is 3. The molecule has 3 rings (SSSR count). The molecule has 3 aromatic carbocycles. The van der Waals surface area contributed by atoms with Crippen molar-refractivity contribution in [2.45, 2.75) is 0 Å². The van der Waals surface area contributed by atoms with Gasteiger partial charge in [0.05, 0.1) is 12.7 Å². The van der Waals surface area contributed by atoms with Gasteiger partial charge in [-0.3, -0.25) is 14.9 Å². The highest BCUT2D eigenvalue weighted by Gasteiger charge is 2.14. The lowest BCUT2D eigenvalue weighted by molar-refractivity contribution is -0.123.